The predicted octanol–water partition coefficient (Wildman–Crippen LogP) is 2.93. The van der Waals surface area contributed by atoms with Crippen LogP contribution in [0, 0.1) is 6.92 Å². The largest absolute Gasteiger partial charge is 0.387 e. The summed E-state index contributed by atoms with van der Waals surface area (Å²) in [6.45, 7) is 2.02. The number of rotatable bonds is 3. The van der Waals surface area contributed by atoms with Gasteiger partial charge in [0, 0.05) is 18.8 Å². The van der Waals surface area contributed by atoms with Gasteiger partial charge in [0.25, 0.3) is 5.91 Å². The van der Waals surface area contributed by atoms with E-state index >= 15 is 0 Å². The van der Waals surface area contributed by atoms with E-state index in [1.54, 1.807) is 0 Å². The maximum atomic E-state index is 12.5. The smallest absolute Gasteiger partial charge is 0.253 e. The van der Waals surface area contributed by atoms with Gasteiger partial charge in [0.05, 0.1) is 5.56 Å². The molecule has 0 atom stereocenters. The highest BCUT2D eigenvalue weighted by molar-refractivity contribution is 6.00. The Hall–Kier alpha value is -2.29. The molecule has 0 radical (unpaired) electrons. The van der Waals surface area contributed by atoms with Gasteiger partial charge in [-0.2, -0.15) is 0 Å². The lowest BCUT2D eigenvalue weighted by Gasteiger charge is -2.15. The first-order valence-corrected chi connectivity index (χ1v) is 7.33. The highest BCUT2D eigenvalue weighted by atomic mass is 16.1. The summed E-state index contributed by atoms with van der Waals surface area (Å²) in [5.74, 6) is -0.00263. The molecule has 1 aliphatic rings. The standard InChI is InChI=1S/C18H20N2O/c1-12-7-8-16(17(9-12)19-2)18(21)20-15-10-13-5-3-4-6-14(13)11-15/h3-9,15,19H,10-11H2,1-2H3,(H,20,21). The first-order valence-electron chi connectivity index (χ1n) is 7.33. The summed E-state index contributed by atoms with van der Waals surface area (Å²) in [4.78, 5) is 12.5. The number of carbonyl (C=O) groups excluding carboxylic acids is 1. The second-order valence-electron chi connectivity index (χ2n) is 5.65. The van der Waals surface area contributed by atoms with Crippen molar-refractivity contribution in [3.63, 3.8) is 0 Å². The van der Waals surface area contributed by atoms with Gasteiger partial charge in [0.15, 0.2) is 0 Å². The molecule has 2 aromatic carbocycles. The lowest BCUT2D eigenvalue weighted by molar-refractivity contribution is 0.0939. The number of hydrogen-bond acceptors (Lipinski definition) is 2. The van der Waals surface area contributed by atoms with Crippen molar-refractivity contribution in [1.29, 1.82) is 0 Å². The van der Waals surface area contributed by atoms with Crippen molar-refractivity contribution in [2.75, 3.05) is 12.4 Å². The quantitative estimate of drug-likeness (QED) is 0.907. The number of amides is 1. The molecule has 0 aliphatic heterocycles. The average molecular weight is 280 g/mol. The van der Waals surface area contributed by atoms with E-state index < -0.39 is 0 Å². The predicted molar refractivity (Wildman–Crippen MR) is 85.8 cm³/mol. The fourth-order valence-electron chi connectivity index (χ4n) is 2.99. The number of nitrogens with one attached hydrogen (secondary N) is 2. The third-order valence-electron chi connectivity index (χ3n) is 4.08. The van der Waals surface area contributed by atoms with Crippen LogP contribution in [0.15, 0.2) is 42.5 Å². The first kappa shape index (κ1) is 13.7. The molecular formula is C18H20N2O. The second kappa shape index (κ2) is 5.60. The molecule has 1 amide bonds. The molecular weight excluding hydrogens is 260 g/mol. The van der Waals surface area contributed by atoms with Gasteiger partial charge in [-0.05, 0) is 48.6 Å². The average Bonchev–Trinajstić information content (AvgIpc) is 2.88. The van der Waals surface area contributed by atoms with Crippen LogP contribution in [0.3, 0.4) is 0 Å². The molecule has 0 unspecified atom stereocenters. The van der Waals surface area contributed by atoms with Gasteiger partial charge in [0.1, 0.15) is 0 Å². The van der Waals surface area contributed by atoms with Crippen LogP contribution in [0.2, 0.25) is 0 Å². The van der Waals surface area contributed by atoms with E-state index in [2.05, 4.69) is 34.9 Å². The highest BCUT2D eigenvalue weighted by Crippen LogP contribution is 2.23. The summed E-state index contributed by atoms with van der Waals surface area (Å²) in [7, 11) is 1.84. The van der Waals surface area contributed by atoms with Gasteiger partial charge in [-0.3, -0.25) is 4.79 Å². The zero-order valence-corrected chi connectivity index (χ0v) is 12.4. The Morgan fingerprint density at radius 2 is 1.76 bits per heavy atom. The van der Waals surface area contributed by atoms with Gasteiger partial charge < -0.3 is 10.6 Å². The normalized spacial score (nSPS) is 13.8. The van der Waals surface area contributed by atoms with Gasteiger partial charge in [-0.15, -0.1) is 0 Å². The molecule has 0 saturated carbocycles. The topological polar surface area (TPSA) is 41.1 Å². The minimum atomic E-state index is -0.00263. The van der Waals surface area contributed by atoms with E-state index in [9.17, 15) is 4.79 Å². The number of benzene rings is 2. The Balaban J connectivity index is 1.74. The zero-order valence-electron chi connectivity index (χ0n) is 12.4. The van der Waals surface area contributed by atoms with Crippen molar-refractivity contribution in [3.05, 3.63) is 64.7 Å². The van der Waals surface area contributed by atoms with E-state index in [1.807, 2.05) is 32.2 Å². The Morgan fingerprint density at radius 3 is 2.38 bits per heavy atom. The molecule has 0 aromatic heterocycles. The van der Waals surface area contributed by atoms with E-state index in [0.717, 1.165) is 24.1 Å². The molecule has 2 N–H and O–H groups in total. The van der Waals surface area contributed by atoms with Crippen molar-refractivity contribution >= 4 is 11.6 Å². The van der Waals surface area contributed by atoms with Crippen LogP contribution in [0.4, 0.5) is 5.69 Å². The summed E-state index contributed by atoms with van der Waals surface area (Å²) >= 11 is 0. The highest BCUT2D eigenvalue weighted by Gasteiger charge is 2.23. The van der Waals surface area contributed by atoms with E-state index in [4.69, 9.17) is 0 Å². The second-order valence-corrected chi connectivity index (χ2v) is 5.65. The fraction of sp³-hybridized carbons (Fsp3) is 0.278. The minimum absolute atomic E-state index is 0.00263. The molecule has 1 aliphatic carbocycles. The van der Waals surface area contributed by atoms with Gasteiger partial charge in [-0.25, -0.2) is 0 Å². The van der Waals surface area contributed by atoms with Crippen LogP contribution in [0.25, 0.3) is 0 Å². The van der Waals surface area contributed by atoms with Crippen LogP contribution in [-0.2, 0) is 12.8 Å². The SMILES string of the molecule is CNc1cc(C)ccc1C(=O)NC1Cc2ccccc2C1. The zero-order chi connectivity index (χ0) is 14.8. The summed E-state index contributed by atoms with van der Waals surface area (Å²) in [6, 6.07) is 14.5. The van der Waals surface area contributed by atoms with Crippen molar-refractivity contribution in [1.82, 2.24) is 5.32 Å². The summed E-state index contributed by atoms with van der Waals surface area (Å²) in [5.41, 5.74) is 5.42. The van der Waals surface area contributed by atoms with Crippen molar-refractivity contribution < 1.29 is 4.79 Å². The lowest BCUT2D eigenvalue weighted by atomic mass is 10.1. The number of aryl methyl sites for hydroxylation is 1. The Bertz CT molecular complexity index is 654. The Morgan fingerprint density at radius 1 is 1.10 bits per heavy atom. The molecule has 0 heterocycles. The molecule has 3 rings (SSSR count). The lowest BCUT2D eigenvalue weighted by Crippen LogP contribution is -2.35. The van der Waals surface area contributed by atoms with Gasteiger partial charge >= 0.3 is 0 Å². The first-order chi connectivity index (χ1) is 10.2. The molecule has 0 fully saturated rings. The summed E-state index contributed by atoms with van der Waals surface area (Å²) in [5, 5.41) is 6.26. The molecule has 3 heteroatoms. The van der Waals surface area contributed by atoms with Crippen LogP contribution in [0.5, 0.6) is 0 Å². The Kier molecular flexibility index (Phi) is 3.65. The molecule has 3 nitrogen and oxygen atoms in total. The van der Waals surface area contributed by atoms with Crippen LogP contribution in [-0.4, -0.2) is 19.0 Å². The number of anilines is 1. The van der Waals surface area contributed by atoms with E-state index in [-0.39, 0.29) is 11.9 Å². The summed E-state index contributed by atoms with van der Waals surface area (Å²) in [6.07, 6.45) is 1.84. The van der Waals surface area contributed by atoms with Crippen molar-refractivity contribution in [2.45, 2.75) is 25.8 Å². The maximum absolute atomic E-state index is 12.5. The molecule has 21 heavy (non-hydrogen) atoms. The molecule has 2 aromatic rings. The van der Waals surface area contributed by atoms with Crippen molar-refractivity contribution in [3.8, 4) is 0 Å². The molecule has 0 spiro atoms. The maximum Gasteiger partial charge on any atom is 0.253 e. The number of hydrogen-bond donors (Lipinski definition) is 2. The summed E-state index contributed by atoms with van der Waals surface area (Å²) < 4.78 is 0. The van der Waals surface area contributed by atoms with Crippen LogP contribution in [0.1, 0.15) is 27.0 Å². The van der Waals surface area contributed by atoms with Gasteiger partial charge in [0.2, 0.25) is 0 Å². The third-order valence-corrected chi connectivity index (χ3v) is 4.08. The molecule has 0 bridgehead atoms. The minimum Gasteiger partial charge on any atom is -0.387 e. The van der Waals surface area contributed by atoms with Gasteiger partial charge in [-0.1, -0.05) is 30.3 Å². The van der Waals surface area contributed by atoms with Crippen molar-refractivity contribution in [2.24, 2.45) is 0 Å². The fourth-order valence-corrected chi connectivity index (χ4v) is 2.99. The number of fused-ring (bicyclic) bond motifs is 1. The van der Waals surface area contributed by atoms with Crippen LogP contribution >= 0.6 is 0 Å². The molecule has 108 valence electrons. The Labute approximate surface area is 125 Å². The van der Waals surface area contributed by atoms with E-state index in [1.165, 1.54) is 11.1 Å². The molecule has 0 saturated heterocycles. The van der Waals surface area contributed by atoms with E-state index in [0.29, 0.717) is 5.56 Å². The van der Waals surface area contributed by atoms with Crippen LogP contribution < -0.4 is 10.6 Å². The number of carbonyl (C=O) groups is 1. The monoisotopic (exact) mass is 280 g/mol. The third kappa shape index (κ3) is 2.77.